The second kappa shape index (κ2) is 69.8. The maximum absolute atomic E-state index is 12.9. The van der Waals surface area contributed by atoms with Crippen LogP contribution in [0.25, 0.3) is 0 Å². The first-order valence-electron chi connectivity index (χ1n) is 35.2. The van der Waals surface area contributed by atoms with Crippen molar-refractivity contribution in [2.75, 3.05) is 13.2 Å². The number of carbonyl (C=O) groups is 3. The lowest BCUT2D eigenvalue weighted by Gasteiger charge is -2.18. The minimum absolute atomic E-state index is 0.0778. The molecule has 0 bridgehead atoms. The summed E-state index contributed by atoms with van der Waals surface area (Å²) >= 11 is 0. The maximum atomic E-state index is 12.9. The van der Waals surface area contributed by atoms with E-state index in [-0.39, 0.29) is 31.1 Å². The summed E-state index contributed by atoms with van der Waals surface area (Å²) in [5.74, 6) is -0.874. The monoisotopic (exact) mass is 1140 g/mol. The molecule has 1 unspecified atom stereocenters. The average molecular weight is 1140 g/mol. The van der Waals surface area contributed by atoms with Crippen molar-refractivity contribution >= 4 is 17.9 Å². The number of unbranched alkanes of at least 4 members (excludes halogenated alkanes) is 37. The third kappa shape index (κ3) is 67.1. The summed E-state index contributed by atoms with van der Waals surface area (Å²) < 4.78 is 17.0. The summed E-state index contributed by atoms with van der Waals surface area (Å²) in [5.41, 5.74) is 0. The largest absolute Gasteiger partial charge is 0.462 e. The lowest BCUT2D eigenvalue weighted by atomic mass is 10.0. The number of hydrogen-bond acceptors (Lipinski definition) is 6. The molecule has 0 aromatic heterocycles. The minimum Gasteiger partial charge on any atom is -0.462 e. The molecule has 0 saturated heterocycles. The third-order valence-corrected chi connectivity index (χ3v) is 15.3. The van der Waals surface area contributed by atoms with Crippen molar-refractivity contribution < 1.29 is 28.6 Å². The highest BCUT2D eigenvalue weighted by atomic mass is 16.6. The van der Waals surface area contributed by atoms with Gasteiger partial charge in [-0.1, -0.05) is 330 Å². The van der Waals surface area contributed by atoms with Crippen molar-refractivity contribution in [2.45, 2.75) is 354 Å². The van der Waals surface area contributed by atoms with Gasteiger partial charge in [0.25, 0.3) is 0 Å². The Kier molecular flexibility index (Phi) is 66.7. The van der Waals surface area contributed by atoms with E-state index in [1.807, 2.05) is 0 Å². The van der Waals surface area contributed by atoms with Gasteiger partial charge in [0.05, 0.1) is 0 Å². The molecule has 6 nitrogen and oxygen atoms in total. The topological polar surface area (TPSA) is 78.9 Å². The van der Waals surface area contributed by atoms with E-state index in [0.29, 0.717) is 19.3 Å². The third-order valence-electron chi connectivity index (χ3n) is 15.3. The molecule has 0 spiro atoms. The highest BCUT2D eigenvalue weighted by Gasteiger charge is 2.19. The Morgan fingerprint density at radius 3 is 0.780 bits per heavy atom. The van der Waals surface area contributed by atoms with Crippen LogP contribution in [0.3, 0.4) is 0 Å². The van der Waals surface area contributed by atoms with E-state index in [1.165, 1.54) is 193 Å². The van der Waals surface area contributed by atoms with Gasteiger partial charge < -0.3 is 14.2 Å². The number of hydrogen-bond donors (Lipinski definition) is 0. The number of carbonyl (C=O) groups excluding carboxylic acids is 3. The van der Waals surface area contributed by atoms with Crippen LogP contribution >= 0.6 is 0 Å². The molecule has 0 saturated carbocycles. The zero-order chi connectivity index (χ0) is 59.2. The van der Waals surface area contributed by atoms with Gasteiger partial charge in [0.2, 0.25) is 0 Å². The van der Waals surface area contributed by atoms with Crippen molar-refractivity contribution in [1.82, 2.24) is 0 Å². The van der Waals surface area contributed by atoms with Crippen LogP contribution in [0.15, 0.2) is 97.2 Å². The second-order valence-electron chi connectivity index (χ2n) is 23.4. The van der Waals surface area contributed by atoms with Crippen molar-refractivity contribution in [3.63, 3.8) is 0 Å². The summed E-state index contributed by atoms with van der Waals surface area (Å²) in [5, 5.41) is 0. The molecule has 0 radical (unpaired) electrons. The van der Waals surface area contributed by atoms with Gasteiger partial charge >= 0.3 is 17.9 Å². The lowest BCUT2D eigenvalue weighted by molar-refractivity contribution is -0.167. The van der Waals surface area contributed by atoms with E-state index >= 15 is 0 Å². The number of rotatable bonds is 64. The SMILES string of the molecule is CC/C=C\C/C=C\C/C=C\C/C=C\C/C=C\C/C=C\CCCCCCCCCCCCCCCCC(=O)OCC(COC(=O)CCCCCCC/C=C\C/C=C\CCCC)OC(=O)CCCCCCCCCCCCCCCCCCC. The molecule has 0 heterocycles. The molecule has 0 rings (SSSR count). The molecule has 82 heavy (non-hydrogen) atoms. The van der Waals surface area contributed by atoms with Gasteiger partial charge in [-0.05, 0) is 96.3 Å². The van der Waals surface area contributed by atoms with Gasteiger partial charge in [0, 0.05) is 19.3 Å². The predicted octanol–water partition coefficient (Wildman–Crippen LogP) is 24.4. The highest BCUT2D eigenvalue weighted by molar-refractivity contribution is 5.71. The fourth-order valence-electron chi connectivity index (χ4n) is 10.1. The fourth-order valence-corrected chi connectivity index (χ4v) is 10.1. The van der Waals surface area contributed by atoms with E-state index in [0.717, 1.165) is 116 Å². The maximum Gasteiger partial charge on any atom is 0.306 e. The second-order valence-corrected chi connectivity index (χ2v) is 23.4. The Hall–Kier alpha value is -3.67. The molecule has 0 aliphatic rings. The van der Waals surface area contributed by atoms with Gasteiger partial charge in [-0.3, -0.25) is 14.4 Å². The van der Waals surface area contributed by atoms with Crippen molar-refractivity contribution in [3.8, 4) is 0 Å². The number of esters is 3. The van der Waals surface area contributed by atoms with E-state index in [9.17, 15) is 14.4 Å². The van der Waals surface area contributed by atoms with Crippen LogP contribution in [0, 0.1) is 0 Å². The predicted molar refractivity (Wildman–Crippen MR) is 357 cm³/mol. The van der Waals surface area contributed by atoms with Gasteiger partial charge in [-0.25, -0.2) is 0 Å². The summed E-state index contributed by atoms with van der Waals surface area (Å²) in [4.78, 5) is 38.4. The fraction of sp³-hybridized carbons (Fsp3) is 0.750. The van der Waals surface area contributed by atoms with E-state index in [1.54, 1.807) is 0 Å². The van der Waals surface area contributed by atoms with Crippen LogP contribution in [0.2, 0.25) is 0 Å². The molecule has 0 amide bonds. The molecular weight excluding hydrogens is 1010 g/mol. The van der Waals surface area contributed by atoms with E-state index in [4.69, 9.17) is 14.2 Å². The van der Waals surface area contributed by atoms with Gasteiger partial charge in [-0.15, -0.1) is 0 Å². The quantitative estimate of drug-likeness (QED) is 0.0261. The Morgan fingerprint density at radius 2 is 0.488 bits per heavy atom. The zero-order valence-corrected chi connectivity index (χ0v) is 54.2. The number of allylic oxidation sites excluding steroid dienone is 16. The van der Waals surface area contributed by atoms with Crippen LogP contribution in [0.1, 0.15) is 348 Å². The Labute approximate surface area is 508 Å². The highest BCUT2D eigenvalue weighted by Crippen LogP contribution is 2.18. The smallest absolute Gasteiger partial charge is 0.306 e. The summed E-state index contributed by atoms with van der Waals surface area (Å²) in [7, 11) is 0. The molecule has 0 aromatic rings. The van der Waals surface area contributed by atoms with Crippen LogP contribution in [0.5, 0.6) is 0 Å². The van der Waals surface area contributed by atoms with Crippen molar-refractivity contribution in [2.24, 2.45) is 0 Å². The van der Waals surface area contributed by atoms with Gasteiger partial charge in [0.15, 0.2) is 6.10 Å². The van der Waals surface area contributed by atoms with Gasteiger partial charge in [0.1, 0.15) is 13.2 Å². The Morgan fingerprint density at radius 1 is 0.256 bits per heavy atom. The summed E-state index contributed by atoms with van der Waals surface area (Å²) in [6.07, 6.45) is 94.3. The van der Waals surface area contributed by atoms with Crippen molar-refractivity contribution in [1.29, 1.82) is 0 Å². The van der Waals surface area contributed by atoms with E-state index < -0.39 is 6.10 Å². The van der Waals surface area contributed by atoms with Crippen LogP contribution in [0.4, 0.5) is 0 Å². The molecule has 0 aromatic carbocycles. The Balaban J connectivity index is 4.21. The van der Waals surface area contributed by atoms with Crippen LogP contribution in [-0.4, -0.2) is 37.2 Å². The summed E-state index contributed by atoms with van der Waals surface area (Å²) in [6.45, 7) is 6.52. The van der Waals surface area contributed by atoms with Crippen molar-refractivity contribution in [3.05, 3.63) is 97.2 Å². The molecule has 6 heteroatoms. The number of ether oxygens (including phenoxy) is 3. The normalized spacial score (nSPS) is 12.7. The Bertz CT molecular complexity index is 1590. The molecule has 0 fully saturated rings. The average Bonchev–Trinajstić information content (AvgIpc) is 3.47. The van der Waals surface area contributed by atoms with E-state index in [2.05, 4.69) is 118 Å². The molecular formula is C76H132O6. The zero-order valence-electron chi connectivity index (χ0n) is 54.2. The van der Waals surface area contributed by atoms with Crippen LogP contribution in [-0.2, 0) is 28.6 Å². The lowest BCUT2D eigenvalue weighted by Crippen LogP contribution is -2.30. The molecule has 0 aliphatic heterocycles. The van der Waals surface area contributed by atoms with Crippen LogP contribution < -0.4 is 0 Å². The standard InChI is InChI=1S/C76H132O6/c1-4-7-10-13-16-19-22-25-28-30-31-32-33-34-35-36-37-38-39-40-41-42-43-44-45-47-48-51-54-57-60-63-66-69-75(78)81-72-73(71-80-74(77)68-65-62-59-56-53-50-27-24-21-18-15-12-9-6-3)82-76(79)70-67-64-61-58-55-52-49-46-29-26-23-20-17-14-11-8-5-2/h7,10,15-16,18-19,24-25,27-28,31-32,34-35,37-38,73H,4-6,8-9,11-14,17,20-23,26,29-30,33,36,39-72H2,1-3H3/b10-7-,18-15-,19-16-,27-24-,28-25-,32-31-,35-34-,38-37-. The van der Waals surface area contributed by atoms with Gasteiger partial charge in [-0.2, -0.15) is 0 Å². The molecule has 0 aliphatic carbocycles. The molecule has 472 valence electrons. The first-order chi connectivity index (χ1) is 40.5. The molecule has 1 atom stereocenters. The first kappa shape index (κ1) is 78.3. The summed E-state index contributed by atoms with van der Waals surface area (Å²) in [6, 6.07) is 0. The minimum atomic E-state index is -0.782. The first-order valence-corrected chi connectivity index (χ1v) is 35.2. The molecule has 0 N–H and O–H groups in total.